The van der Waals surface area contributed by atoms with Crippen LogP contribution in [0.5, 0.6) is 0 Å². The highest BCUT2D eigenvalue weighted by Gasteiger charge is 2.33. The predicted molar refractivity (Wildman–Crippen MR) is 143 cm³/mol. The topological polar surface area (TPSA) is 108 Å². The van der Waals surface area contributed by atoms with E-state index >= 15 is 0 Å². The van der Waals surface area contributed by atoms with Crippen LogP contribution >= 0.6 is 0 Å². The van der Waals surface area contributed by atoms with Gasteiger partial charge >= 0.3 is 0 Å². The molecule has 1 aromatic carbocycles. The van der Waals surface area contributed by atoms with Crippen molar-refractivity contribution in [2.24, 2.45) is 11.8 Å². The van der Waals surface area contributed by atoms with Crippen LogP contribution < -0.4 is 10.6 Å². The first-order chi connectivity index (χ1) is 18.1. The highest BCUT2D eigenvalue weighted by Crippen LogP contribution is 2.34. The Kier molecular flexibility index (Phi) is 8.41. The summed E-state index contributed by atoms with van der Waals surface area (Å²) in [6.45, 7) is 3.37. The van der Waals surface area contributed by atoms with Gasteiger partial charge in [0.2, 0.25) is 23.5 Å². The molecule has 1 saturated carbocycles. The van der Waals surface area contributed by atoms with E-state index in [1.807, 2.05) is 45.1 Å². The van der Waals surface area contributed by atoms with Crippen LogP contribution in [0.25, 0.3) is 11.1 Å². The van der Waals surface area contributed by atoms with Gasteiger partial charge in [-0.15, -0.1) is 0 Å². The summed E-state index contributed by atoms with van der Waals surface area (Å²) in [4.78, 5) is 46.8. The summed E-state index contributed by atoms with van der Waals surface area (Å²) in [6, 6.07) is 9.73. The van der Waals surface area contributed by atoms with Crippen molar-refractivity contribution in [3.05, 3.63) is 53.7 Å². The van der Waals surface area contributed by atoms with Crippen molar-refractivity contribution >= 4 is 40.2 Å². The summed E-state index contributed by atoms with van der Waals surface area (Å²) < 4.78 is 19.7. The van der Waals surface area contributed by atoms with Crippen LogP contribution in [-0.4, -0.2) is 66.7 Å². The van der Waals surface area contributed by atoms with E-state index < -0.39 is 11.9 Å². The lowest BCUT2D eigenvalue weighted by molar-refractivity contribution is -0.136. The quantitative estimate of drug-likeness (QED) is 0.427. The van der Waals surface area contributed by atoms with Crippen molar-refractivity contribution in [3.8, 4) is 0 Å². The molecule has 0 spiro atoms. The number of hydrogen-bond acceptors (Lipinski definition) is 6. The summed E-state index contributed by atoms with van der Waals surface area (Å²) in [7, 11) is 5.74. The highest BCUT2D eigenvalue weighted by molar-refractivity contribution is 6.13. The van der Waals surface area contributed by atoms with Crippen LogP contribution in [0.3, 0.4) is 0 Å². The molecule has 0 atom stereocenters. The van der Waals surface area contributed by atoms with E-state index in [9.17, 15) is 18.8 Å². The minimum Gasteiger partial charge on any atom is -0.447 e. The molecule has 1 aliphatic carbocycles. The van der Waals surface area contributed by atoms with E-state index in [4.69, 9.17) is 4.42 Å². The molecular formula is C28H34FN5O4. The van der Waals surface area contributed by atoms with Crippen molar-refractivity contribution in [2.75, 3.05) is 44.9 Å². The van der Waals surface area contributed by atoms with E-state index in [0.29, 0.717) is 37.9 Å². The highest BCUT2D eigenvalue weighted by atomic mass is 19.1. The van der Waals surface area contributed by atoms with E-state index in [2.05, 4.69) is 15.6 Å². The fourth-order valence-corrected chi connectivity index (χ4v) is 4.65. The predicted octanol–water partition coefficient (Wildman–Crippen LogP) is 4.29. The Hall–Kier alpha value is -3.79. The van der Waals surface area contributed by atoms with Gasteiger partial charge in [0.1, 0.15) is 11.2 Å². The summed E-state index contributed by atoms with van der Waals surface area (Å²) in [5.74, 6) is -2.17. The molecule has 1 fully saturated rings. The van der Waals surface area contributed by atoms with E-state index in [1.54, 1.807) is 17.0 Å². The molecule has 0 unspecified atom stereocenters. The van der Waals surface area contributed by atoms with Gasteiger partial charge in [-0.25, -0.2) is 4.98 Å². The van der Waals surface area contributed by atoms with Crippen molar-refractivity contribution < 1.29 is 23.2 Å². The van der Waals surface area contributed by atoms with Crippen LogP contribution in [0.4, 0.5) is 15.8 Å². The van der Waals surface area contributed by atoms with Crippen molar-refractivity contribution in [1.29, 1.82) is 0 Å². The molecule has 2 heterocycles. The molecule has 2 N–H and O–H groups in total. The lowest BCUT2D eigenvalue weighted by Crippen LogP contribution is -2.39. The van der Waals surface area contributed by atoms with Gasteiger partial charge in [-0.3, -0.25) is 14.4 Å². The number of carbonyl (C=O) groups excluding carboxylic acids is 3. The second-order valence-corrected chi connectivity index (χ2v) is 10.2. The summed E-state index contributed by atoms with van der Waals surface area (Å²) in [6.07, 6.45) is 2.27. The summed E-state index contributed by atoms with van der Waals surface area (Å²) in [5, 5.41) is 5.53. The number of hydrogen-bond donors (Lipinski definition) is 2. The second-order valence-electron chi connectivity index (χ2n) is 10.2. The number of rotatable bonds is 8. The minimum absolute atomic E-state index is 0.0377. The van der Waals surface area contributed by atoms with Crippen LogP contribution in [0.15, 0.2) is 40.8 Å². The number of nitrogens with one attached hydrogen (secondary N) is 2. The smallest absolute Gasteiger partial charge is 0.293 e. The van der Waals surface area contributed by atoms with Gasteiger partial charge in [0.15, 0.2) is 5.58 Å². The number of aryl methyl sites for hydroxylation is 1. The van der Waals surface area contributed by atoms with Gasteiger partial charge in [-0.2, -0.15) is 4.39 Å². The Morgan fingerprint density at radius 3 is 2.26 bits per heavy atom. The van der Waals surface area contributed by atoms with Gasteiger partial charge < -0.3 is 24.9 Å². The zero-order chi connectivity index (χ0) is 27.4. The third-order valence-electron chi connectivity index (χ3n) is 6.97. The van der Waals surface area contributed by atoms with Crippen LogP contribution in [0, 0.1) is 24.7 Å². The van der Waals surface area contributed by atoms with Gasteiger partial charge in [-0.05, 0) is 71.0 Å². The second kappa shape index (κ2) is 11.7. The van der Waals surface area contributed by atoms with E-state index in [0.717, 1.165) is 18.2 Å². The normalized spacial score (nSPS) is 17.4. The van der Waals surface area contributed by atoms with Gasteiger partial charge in [-0.1, -0.05) is 17.7 Å². The molecule has 0 aliphatic heterocycles. The Morgan fingerprint density at radius 2 is 1.61 bits per heavy atom. The van der Waals surface area contributed by atoms with Gasteiger partial charge in [0.05, 0.1) is 0 Å². The first kappa shape index (κ1) is 27.3. The Balaban J connectivity index is 1.46. The molecular weight excluding hydrogens is 489 g/mol. The molecule has 2 aromatic heterocycles. The molecule has 202 valence electrons. The van der Waals surface area contributed by atoms with Crippen LogP contribution in [0.2, 0.25) is 0 Å². The van der Waals surface area contributed by atoms with Crippen molar-refractivity contribution in [3.63, 3.8) is 0 Å². The Labute approximate surface area is 221 Å². The lowest BCUT2D eigenvalue weighted by Gasteiger charge is -2.30. The Morgan fingerprint density at radius 1 is 0.947 bits per heavy atom. The number of aromatic nitrogens is 1. The minimum atomic E-state index is -0.753. The fraction of sp³-hybridized carbons (Fsp3) is 0.429. The van der Waals surface area contributed by atoms with Gasteiger partial charge in [0.25, 0.3) is 5.91 Å². The fourth-order valence-electron chi connectivity index (χ4n) is 4.65. The standard InChI is InChI=1S/C28H34FN5O4/c1-17-5-11-20(12-6-17)30-27(36)25-24(23-21(38-25)13-14-22(29)31-23)32-26(35)18-7-9-19(10-8-18)28(37)34(4)16-15-33(2)3/h5-6,11-14,18-19H,7-10,15-16H2,1-4H3,(H,30,36)(H,32,35). The molecule has 4 rings (SSSR count). The first-order valence-electron chi connectivity index (χ1n) is 12.8. The Bertz CT molecular complexity index is 1310. The van der Waals surface area contributed by atoms with Crippen molar-refractivity contribution in [2.45, 2.75) is 32.6 Å². The van der Waals surface area contributed by atoms with Crippen LogP contribution in [-0.2, 0) is 9.59 Å². The van der Waals surface area contributed by atoms with Gasteiger partial charge in [0, 0.05) is 37.7 Å². The summed E-state index contributed by atoms with van der Waals surface area (Å²) >= 11 is 0. The maximum absolute atomic E-state index is 14.0. The maximum atomic E-state index is 14.0. The molecule has 0 radical (unpaired) electrons. The maximum Gasteiger partial charge on any atom is 0.293 e. The number of benzene rings is 1. The monoisotopic (exact) mass is 523 g/mol. The van der Waals surface area contributed by atoms with Crippen molar-refractivity contribution in [1.82, 2.24) is 14.8 Å². The average Bonchev–Trinajstić information content (AvgIpc) is 3.25. The molecule has 3 amide bonds. The molecule has 3 aromatic rings. The largest absolute Gasteiger partial charge is 0.447 e. The average molecular weight is 524 g/mol. The number of likely N-dealkylation sites (N-methyl/N-ethyl adjacent to an activating group) is 2. The number of nitrogens with zero attached hydrogens (tertiary/aromatic N) is 3. The molecule has 0 bridgehead atoms. The zero-order valence-corrected chi connectivity index (χ0v) is 22.2. The number of anilines is 2. The number of furan rings is 1. The van der Waals surface area contributed by atoms with E-state index in [1.165, 1.54) is 6.07 Å². The van der Waals surface area contributed by atoms with Crippen LogP contribution in [0.1, 0.15) is 41.8 Å². The number of halogens is 1. The molecule has 10 heteroatoms. The molecule has 1 aliphatic rings. The lowest BCUT2D eigenvalue weighted by atomic mass is 9.81. The molecule has 9 nitrogen and oxygen atoms in total. The number of fused-ring (bicyclic) bond motifs is 1. The summed E-state index contributed by atoms with van der Waals surface area (Å²) in [5.41, 5.74) is 1.88. The third kappa shape index (κ3) is 6.36. The zero-order valence-electron chi connectivity index (χ0n) is 22.2. The number of pyridine rings is 1. The van der Waals surface area contributed by atoms with E-state index in [-0.39, 0.29) is 46.2 Å². The number of carbonyl (C=O) groups is 3. The molecule has 0 saturated heterocycles. The third-order valence-corrected chi connectivity index (χ3v) is 6.97. The molecule has 38 heavy (non-hydrogen) atoms. The number of amides is 3. The first-order valence-corrected chi connectivity index (χ1v) is 12.8. The SMILES string of the molecule is Cc1ccc(NC(=O)c2oc3ccc(F)nc3c2NC(=O)C2CCC(C(=O)N(C)CCN(C)C)CC2)cc1.